The van der Waals surface area contributed by atoms with E-state index in [9.17, 15) is 18.0 Å². The second-order valence-electron chi connectivity index (χ2n) is 5.07. The predicted molar refractivity (Wildman–Crippen MR) is 68.9 cm³/mol. The third-order valence-electron chi connectivity index (χ3n) is 3.37. The van der Waals surface area contributed by atoms with Crippen LogP contribution in [-0.4, -0.2) is 18.5 Å². The number of carbonyl (C=O) groups excluding carboxylic acids is 1. The van der Waals surface area contributed by atoms with Crippen LogP contribution in [0.5, 0.6) is 0 Å². The molecule has 2 rings (SSSR count). The van der Waals surface area contributed by atoms with Crippen LogP contribution in [0.25, 0.3) is 0 Å². The average molecular weight is 286 g/mol. The molecule has 0 heterocycles. The fourth-order valence-corrected chi connectivity index (χ4v) is 2.07. The number of alkyl halides is 3. The molecule has 0 spiro atoms. The van der Waals surface area contributed by atoms with Gasteiger partial charge in [0.2, 0.25) is 5.91 Å². The first-order valence-electron chi connectivity index (χ1n) is 6.57. The molecule has 1 aliphatic rings. The van der Waals surface area contributed by atoms with Crippen molar-refractivity contribution in [2.75, 3.05) is 6.54 Å². The molecule has 0 bridgehead atoms. The van der Waals surface area contributed by atoms with Gasteiger partial charge in [0, 0.05) is 12.6 Å². The summed E-state index contributed by atoms with van der Waals surface area (Å²) >= 11 is 0. The molecular weight excluding hydrogens is 269 g/mol. The second-order valence-corrected chi connectivity index (χ2v) is 5.07. The Bertz CT molecular complexity index is 484. The van der Waals surface area contributed by atoms with E-state index in [-0.39, 0.29) is 30.5 Å². The standard InChI is InChI=1S/C14H17F3N2O/c15-14(16,17)12-4-2-1-3-9(12)7-10(8-18)13(20)19-11-5-6-11/h1-4,10-11H,5-8,18H2,(H,19,20). The second kappa shape index (κ2) is 5.83. The minimum absolute atomic E-state index is 0.00470. The van der Waals surface area contributed by atoms with Gasteiger partial charge in [0.25, 0.3) is 0 Å². The molecule has 3 N–H and O–H groups in total. The summed E-state index contributed by atoms with van der Waals surface area (Å²) in [7, 11) is 0. The van der Waals surface area contributed by atoms with Crippen LogP contribution in [0, 0.1) is 5.92 Å². The molecular formula is C14H17F3N2O. The van der Waals surface area contributed by atoms with Gasteiger partial charge >= 0.3 is 6.18 Å². The molecule has 1 amide bonds. The van der Waals surface area contributed by atoms with Crippen LogP contribution in [0.2, 0.25) is 0 Å². The number of amides is 1. The molecule has 0 aromatic heterocycles. The van der Waals surface area contributed by atoms with Gasteiger partial charge in [-0.15, -0.1) is 0 Å². The minimum atomic E-state index is -4.41. The van der Waals surface area contributed by atoms with E-state index in [4.69, 9.17) is 5.73 Å². The Morgan fingerprint density at radius 2 is 2.00 bits per heavy atom. The van der Waals surface area contributed by atoms with Gasteiger partial charge in [0.15, 0.2) is 0 Å². The molecule has 0 radical (unpaired) electrons. The van der Waals surface area contributed by atoms with Crippen molar-refractivity contribution in [2.45, 2.75) is 31.5 Å². The molecule has 1 atom stereocenters. The minimum Gasteiger partial charge on any atom is -0.353 e. The summed E-state index contributed by atoms with van der Waals surface area (Å²) in [4.78, 5) is 11.9. The van der Waals surface area contributed by atoms with E-state index in [1.165, 1.54) is 18.2 Å². The van der Waals surface area contributed by atoms with Crippen molar-refractivity contribution in [3.8, 4) is 0 Å². The molecule has 1 aliphatic carbocycles. The van der Waals surface area contributed by atoms with Crippen molar-refractivity contribution in [1.82, 2.24) is 5.32 Å². The van der Waals surface area contributed by atoms with E-state index in [0.717, 1.165) is 18.9 Å². The Hall–Kier alpha value is -1.56. The van der Waals surface area contributed by atoms with Gasteiger partial charge in [0.05, 0.1) is 11.5 Å². The average Bonchev–Trinajstić information content (AvgIpc) is 3.19. The van der Waals surface area contributed by atoms with Crippen LogP contribution in [0.1, 0.15) is 24.0 Å². The summed E-state index contributed by atoms with van der Waals surface area (Å²) in [6, 6.07) is 5.48. The van der Waals surface area contributed by atoms with E-state index in [0.29, 0.717) is 0 Å². The van der Waals surface area contributed by atoms with E-state index in [1.54, 1.807) is 0 Å². The Morgan fingerprint density at radius 3 is 2.55 bits per heavy atom. The maximum Gasteiger partial charge on any atom is 0.416 e. The Balaban J connectivity index is 2.12. The molecule has 6 heteroatoms. The molecule has 0 aliphatic heterocycles. The molecule has 1 fully saturated rings. The fourth-order valence-electron chi connectivity index (χ4n) is 2.07. The summed E-state index contributed by atoms with van der Waals surface area (Å²) < 4.78 is 38.7. The Kier molecular flexibility index (Phi) is 4.32. The zero-order chi connectivity index (χ0) is 14.8. The van der Waals surface area contributed by atoms with Crippen molar-refractivity contribution in [1.29, 1.82) is 0 Å². The highest BCUT2D eigenvalue weighted by Gasteiger charge is 2.34. The lowest BCUT2D eigenvalue weighted by Crippen LogP contribution is -2.37. The highest BCUT2D eigenvalue weighted by Crippen LogP contribution is 2.32. The summed E-state index contributed by atoms with van der Waals surface area (Å²) in [6.45, 7) is 0.0325. The van der Waals surface area contributed by atoms with Crippen molar-refractivity contribution >= 4 is 5.91 Å². The SMILES string of the molecule is NCC(Cc1ccccc1C(F)(F)F)C(=O)NC1CC1. The Morgan fingerprint density at radius 1 is 1.35 bits per heavy atom. The monoisotopic (exact) mass is 286 g/mol. The first-order chi connectivity index (χ1) is 9.41. The molecule has 1 unspecified atom stereocenters. The lowest BCUT2D eigenvalue weighted by molar-refractivity contribution is -0.138. The maximum absolute atomic E-state index is 12.9. The molecule has 20 heavy (non-hydrogen) atoms. The van der Waals surface area contributed by atoms with E-state index in [1.807, 2.05) is 0 Å². The van der Waals surface area contributed by atoms with Crippen LogP contribution in [0.4, 0.5) is 13.2 Å². The highest BCUT2D eigenvalue weighted by molar-refractivity contribution is 5.79. The van der Waals surface area contributed by atoms with Crippen LogP contribution in [0.15, 0.2) is 24.3 Å². The van der Waals surface area contributed by atoms with Gasteiger partial charge in [-0.05, 0) is 30.9 Å². The first-order valence-corrected chi connectivity index (χ1v) is 6.57. The van der Waals surface area contributed by atoms with Gasteiger partial charge in [-0.2, -0.15) is 13.2 Å². The number of nitrogens with one attached hydrogen (secondary N) is 1. The molecule has 1 aromatic rings. The van der Waals surface area contributed by atoms with Gasteiger partial charge in [-0.3, -0.25) is 4.79 Å². The van der Waals surface area contributed by atoms with Gasteiger partial charge in [0.1, 0.15) is 0 Å². The zero-order valence-corrected chi connectivity index (χ0v) is 10.9. The third kappa shape index (κ3) is 3.72. The number of halogens is 3. The van der Waals surface area contributed by atoms with Crippen molar-refractivity contribution in [3.05, 3.63) is 35.4 Å². The Labute approximate surface area is 115 Å². The number of carbonyl (C=O) groups is 1. The molecule has 0 saturated heterocycles. The smallest absolute Gasteiger partial charge is 0.353 e. The number of hydrogen-bond donors (Lipinski definition) is 2. The number of benzene rings is 1. The lowest BCUT2D eigenvalue weighted by atomic mass is 9.94. The van der Waals surface area contributed by atoms with Crippen LogP contribution < -0.4 is 11.1 Å². The van der Waals surface area contributed by atoms with E-state index in [2.05, 4.69) is 5.32 Å². The number of rotatable bonds is 5. The van der Waals surface area contributed by atoms with Gasteiger partial charge in [-0.25, -0.2) is 0 Å². The number of hydrogen-bond acceptors (Lipinski definition) is 2. The topological polar surface area (TPSA) is 55.1 Å². The fraction of sp³-hybridized carbons (Fsp3) is 0.500. The van der Waals surface area contributed by atoms with Gasteiger partial charge < -0.3 is 11.1 Å². The summed E-state index contributed by atoms with van der Waals surface area (Å²) in [5.74, 6) is -0.883. The zero-order valence-electron chi connectivity index (χ0n) is 10.9. The van der Waals surface area contributed by atoms with Crippen molar-refractivity contribution in [3.63, 3.8) is 0 Å². The molecule has 1 saturated carbocycles. The normalized spacial score (nSPS) is 16.8. The molecule has 1 aromatic carbocycles. The van der Waals surface area contributed by atoms with Crippen LogP contribution >= 0.6 is 0 Å². The quantitative estimate of drug-likeness (QED) is 0.871. The lowest BCUT2D eigenvalue weighted by Gasteiger charge is -2.18. The molecule has 110 valence electrons. The van der Waals surface area contributed by atoms with Crippen molar-refractivity contribution in [2.24, 2.45) is 11.7 Å². The van der Waals surface area contributed by atoms with E-state index < -0.39 is 17.7 Å². The maximum atomic E-state index is 12.9. The molecule has 3 nitrogen and oxygen atoms in total. The summed E-state index contributed by atoms with van der Waals surface area (Å²) in [5.41, 5.74) is 4.95. The van der Waals surface area contributed by atoms with Crippen LogP contribution in [-0.2, 0) is 17.4 Å². The number of nitrogens with two attached hydrogens (primary N) is 1. The largest absolute Gasteiger partial charge is 0.416 e. The summed E-state index contributed by atoms with van der Waals surface area (Å²) in [6.07, 6.45) is -2.54. The van der Waals surface area contributed by atoms with Crippen molar-refractivity contribution < 1.29 is 18.0 Å². The summed E-state index contributed by atoms with van der Waals surface area (Å²) in [5, 5.41) is 2.78. The van der Waals surface area contributed by atoms with E-state index >= 15 is 0 Å². The predicted octanol–water partition coefficient (Wildman–Crippen LogP) is 2.10. The van der Waals surface area contributed by atoms with Crippen LogP contribution in [0.3, 0.4) is 0 Å². The third-order valence-corrected chi connectivity index (χ3v) is 3.37. The van der Waals surface area contributed by atoms with Gasteiger partial charge in [-0.1, -0.05) is 18.2 Å². The first kappa shape index (κ1) is 14.8. The highest BCUT2D eigenvalue weighted by atomic mass is 19.4.